The molecule has 2 rings (SSSR count). The van der Waals surface area contributed by atoms with Crippen LogP contribution in [0.25, 0.3) is 0 Å². The molecular weight excluding hydrogens is 354 g/mol. The Kier molecular flexibility index (Phi) is 7.06. The molecule has 0 saturated carbocycles. The van der Waals surface area contributed by atoms with Crippen LogP contribution < -0.4 is 15.5 Å². The van der Waals surface area contributed by atoms with Crippen LogP contribution in [-0.2, 0) is 9.59 Å². The van der Waals surface area contributed by atoms with Crippen molar-refractivity contribution >= 4 is 29.0 Å². The predicted molar refractivity (Wildman–Crippen MR) is 111 cm³/mol. The maximum atomic E-state index is 12.5. The van der Waals surface area contributed by atoms with Crippen LogP contribution in [0, 0.1) is 13.8 Å². The second-order valence-corrected chi connectivity index (χ2v) is 7.17. The molecular formula is C22H28N3O3+. The first-order valence-corrected chi connectivity index (χ1v) is 9.29. The van der Waals surface area contributed by atoms with Gasteiger partial charge in [0.05, 0.1) is 7.05 Å². The number of carbonyl (C=O) groups excluding carboxylic acids is 3. The molecule has 0 bridgehead atoms. The van der Waals surface area contributed by atoms with Gasteiger partial charge in [-0.15, -0.1) is 0 Å². The first kappa shape index (κ1) is 21.3. The van der Waals surface area contributed by atoms with Crippen LogP contribution in [0.4, 0.5) is 11.4 Å². The minimum absolute atomic E-state index is 0.0602. The first-order chi connectivity index (χ1) is 13.2. The lowest BCUT2D eigenvalue weighted by Crippen LogP contribution is -3.14. The van der Waals surface area contributed by atoms with Crippen molar-refractivity contribution in [3.05, 3.63) is 59.2 Å². The number of hydrogen-bond acceptors (Lipinski definition) is 3. The van der Waals surface area contributed by atoms with Gasteiger partial charge in [0.15, 0.2) is 18.4 Å². The van der Waals surface area contributed by atoms with E-state index in [2.05, 4.69) is 10.6 Å². The third-order valence-electron chi connectivity index (χ3n) is 4.99. The van der Waals surface area contributed by atoms with E-state index in [1.165, 1.54) is 6.92 Å². The quantitative estimate of drug-likeness (QED) is 0.641. The Morgan fingerprint density at radius 3 is 2.39 bits per heavy atom. The zero-order valence-electron chi connectivity index (χ0n) is 17.1. The molecule has 1 unspecified atom stereocenters. The molecule has 148 valence electrons. The molecule has 0 saturated heterocycles. The van der Waals surface area contributed by atoms with Gasteiger partial charge in [0.25, 0.3) is 11.8 Å². The van der Waals surface area contributed by atoms with Crippen molar-refractivity contribution in [3.8, 4) is 0 Å². The van der Waals surface area contributed by atoms with Crippen LogP contribution in [0.2, 0.25) is 0 Å². The van der Waals surface area contributed by atoms with E-state index in [4.69, 9.17) is 0 Å². The Morgan fingerprint density at radius 2 is 1.71 bits per heavy atom. The standard InChI is InChI=1S/C22H27N3O3/c1-14-8-6-11-20(15(14)2)24-21(27)13-25(5)16(3)22(28)23-19-10-7-9-18(12-19)17(4)26/h6-12,16H,13H2,1-5H3,(H,23,28)(H,24,27)/p+1/t16-/m0/s1. The smallest absolute Gasteiger partial charge is 0.282 e. The second kappa shape index (κ2) is 9.28. The van der Waals surface area contributed by atoms with E-state index < -0.39 is 6.04 Å². The van der Waals surface area contributed by atoms with E-state index >= 15 is 0 Å². The molecule has 28 heavy (non-hydrogen) atoms. The van der Waals surface area contributed by atoms with Gasteiger partial charge in [-0.25, -0.2) is 0 Å². The average Bonchev–Trinajstić information content (AvgIpc) is 2.64. The average molecular weight is 382 g/mol. The molecule has 2 aromatic carbocycles. The number of likely N-dealkylation sites (N-methyl/N-ethyl adjacent to an activating group) is 1. The van der Waals surface area contributed by atoms with Gasteiger partial charge >= 0.3 is 0 Å². The molecule has 0 aliphatic carbocycles. The number of quaternary nitrogens is 1. The van der Waals surface area contributed by atoms with E-state index in [1.807, 2.05) is 32.0 Å². The van der Waals surface area contributed by atoms with Crippen LogP contribution in [0.1, 0.15) is 35.3 Å². The van der Waals surface area contributed by atoms with Crippen LogP contribution in [0.5, 0.6) is 0 Å². The normalized spacial score (nSPS) is 12.8. The summed E-state index contributed by atoms with van der Waals surface area (Å²) in [6.45, 7) is 7.37. The van der Waals surface area contributed by atoms with Crippen molar-refractivity contribution in [1.82, 2.24) is 0 Å². The number of amides is 2. The Morgan fingerprint density at radius 1 is 1.04 bits per heavy atom. The minimum Gasteiger partial charge on any atom is -0.321 e. The summed E-state index contributed by atoms with van der Waals surface area (Å²) in [5.41, 5.74) is 4.04. The maximum Gasteiger partial charge on any atom is 0.282 e. The zero-order chi connectivity index (χ0) is 20.8. The van der Waals surface area contributed by atoms with E-state index in [0.29, 0.717) is 11.3 Å². The molecule has 0 fully saturated rings. The van der Waals surface area contributed by atoms with Gasteiger partial charge in [-0.2, -0.15) is 0 Å². The van der Waals surface area contributed by atoms with Gasteiger partial charge < -0.3 is 15.5 Å². The molecule has 2 amide bonds. The SMILES string of the molecule is CC(=O)c1cccc(NC(=O)[C@H](C)[NH+](C)CC(=O)Nc2cccc(C)c2C)c1. The van der Waals surface area contributed by atoms with Crippen molar-refractivity contribution in [1.29, 1.82) is 0 Å². The highest BCUT2D eigenvalue weighted by Gasteiger charge is 2.24. The fourth-order valence-corrected chi connectivity index (χ4v) is 2.78. The number of ketones is 1. The van der Waals surface area contributed by atoms with E-state index in [-0.39, 0.29) is 24.1 Å². The lowest BCUT2D eigenvalue weighted by molar-refractivity contribution is -0.885. The third kappa shape index (κ3) is 5.50. The Hall–Kier alpha value is -2.99. The van der Waals surface area contributed by atoms with Crippen molar-refractivity contribution in [2.24, 2.45) is 0 Å². The van der Waals surface area contributed by atoms with Crippen LogP contribution in [0.3, 0.4) is 0 Å². The summed E-state index contributed by atoms with van der Waals surface area (Å²) in [7, 11) is 1.80. The largest absolute Gasteiger partial charge is 0.321 e. The van der Waals surface area contributed by atoms with Crippen molar-refractivity contribution in [3.63, 3.8) is 0 Å². The number of hydrogen-bond donors (Lipinski definition) is 3. The lowest BCUT2D eigenvalue weighted by Gasteiger charge is -2.21. The van der Waals surface area contributed by atoms with Crippen molar-refractivity contribution in [2.45, 2.75) is 33.7 Å². The highest BCUT2D eigenvalue weighted by Crippen LogP contribution is 2.17. The van der Waals surface area contributed by atoms with Gasteiger partial charge in [0, 0.05) is 16.9 Å². The number of anilines is 2. The molecule has 0 aliphatic heterocycles. The van der Waals surface area contributed by atoms with Crippen LogP contribution in [-0.4, -0.2) is 37.2 Å². The minimum atomic E-state index is -0.439. The van der Waals surface area contributed by atoms with Gasteiger partial charge in [-0.05, 0) is 57.0 Å². The number of aryl methyl sites for hydroxylation is 1. The van der Waals surface area contributed by atoms with E-state index in [9.17, 15) is 14.4 Å². The topological polar surface area (TPSA) is 79.7 Å². The highest BCUT2D eigenvalue weighted by atomic mass is 16.2. The Balaban J connectivity index is 1.95. The fraction of sp³-hybridized carbons (Fsp3) is 0.318. The van der Waals surface area contributed by atoms with E-state index in [1.54, 1.807) is 38.2 Å². The molecule has 0 spiro atoms. The Bertz CT molecular complexity index is 892. The summed E-state index contributed by atoms with van der Waals surface area (Å²) in [6.07, 6.45) is 0. The molecule has 3 N–H and O–H groups in total. The van der Waals surface area contributed by atoms with Crippen molar-refractivity contribution < 1.29 is 19.3 Å². The molecule has 2 atom stereocenters. The molecule has 6 nitrogen and oxygen atoms in total. The number of benzene rings is 2. The molecule has 6 heteroatoms. The van der Waals surface area contributed by atoms with Gasteiger partial charge in [0.1, 0.15) is 0 Å². The summed E-state index contributed by atoms with van der Waals surface area (Å²) in [5.74, 6) is -0.419. The lowest BCUT2D eigenvalue weighted by atomic mass is 10.1. The maximum absolute atomic E-state index is 12.5. The summed E-state index contributed by atoms with van der Waals surface area (Å²) in [5, 5.41) is 5.73. The Labute approximate surface area is 165 Å². The summed E-state index contributed by atoms with van der Waals surface area (Å²) in [6, 6.07) is 12.1. The third-order valence-corrected chi connectivity index (χ3v) is 4.99. The molecule has 0 heterocycles. The summed E-state index contributed by atoms with van der Waals surface area (Å²) < 4.78 is 0. The van der Waals surface area contributed by atoms with Gasteiger partial charge in [0.2, 0.25) is 0 Å². The summed E-state index contributed by atoms with van der Waals surface area (Å²) in [4.78, 5) is 37.2. The highest BCUT2D eigenvalue weighted by molar-refractivity contribution is 5.98. The van der Waals surface area contributed by atoms with Gasteiger partial charge in [-0.1, -0.05) is 24.3 Å². The predicted octanol–water partition coefficient (Wildman–Crippen LogP) is 1.99. The number of carbonyl (C=O) groups is 3. The second-order valence-electron chi connectivity index (χ2n) is 7.17. The molecule has 0 aromatic heterocycles. The van der Waals surface area contributed by atoms with Crippen LogP contribution in [0.15, 0.2) is 42.5 Å². The monoisotopic (exact) mass is 382 g/mol. The molecule has 2 aromatic rings. The number of Topliss-reactive ketones (excluding diaryl/α,β-unsaturated/α-hetero) is 1. The van der Waals surface area contributed by atoms with Crippen LogP contribution >= 0.6 is 0 Å². The number of nitrogens with one attached hydrogen (secondary N) is 3. The number of rotatable bonds is 7. The van der Waals surface area contributed by atoms with Crippen molar-refractivity contribution in [2.75, 3.05) is 24.2 Å². The first-order valence-electron chi connectivity index (χ1n) is 9.29. The molecule has 0 radical (unpaired) electrons. The van der Waals surface area contributed by atoms with E-state index in [0.717, 1.165) is 21.7 Å². The molecule has 0 aliphatic rings. The van der Waals surface area contributed by atoms with Gasteiger partial charge in [-0.3, -0.25) is 14.4 Å². The summed E-state index contributed by atoms with van der Waals surface area (Å²) >= 11 is 0. The zero-order valence-corrected chi connectivity index (χ0v) is 17.1. The fourth-order valence-electron chi connectivity index (χ4n) is 2.78.